The van der Waals surface area contributed by atoms with Crippen molar-refractivity contribution >= 4 is 5.97 Å². The number of carboxylic acids is 1. The number of hydrogen-bond donors (Lipinski definition) is 1. The zero-order chi connectivity index (χ0) is 12.3. The Morgan fingerprint density at radius 1 is 1.50 bits per heavy atom. The van der Waals surface area contributed by atoms with E-state index >= 15 is 0 Å². The molecule has 0 spiro atoms. The molecule has 1 fully saturated rings. The molecular weight excluding hydrogens is 227 g/mol. The number of nitrogens with zero attached hydrogens (tertiary/aromatic N) is 1. The summed E-state index contributed by atoms with van der Waals surface area (Å²) in [6, 6.07) is 0. The number of rotatable bonds is 4. The Bertz CT molecular complexity index is 257. The van der Waals surface area contributed by atoms with Gasteiger partial charge in [0.2, 0.25) is 0 Å². The van der Waals surface area contributed by atoms with Crippen molar-refractivity contribution < 1.29 is 27.8 Å². The summed E-state index contributed by atoms with van der Waals surface area (Å²) >= 11 is 0. The zero-order valence-electron chi connectivity index (χ0n) is 8.83. The highest BCUT2D eigenvalue weighted by atomic mass is 19.4. The predicted octanol–water partition coefficient (Wildman–Crippen LogP) is 0.828. The molecule has 0 bridgehead atoms. The van der Waals surface area contributed by atoms with Gasteiger partial charge in [0.1, 0.15) is 0 Å². The molecule has 1 N–H and O–H groups in total. The molecule has 1 aliphatic rings. The van der Waals surface area contributed by atoms with Gasteiger partial charge in [-0.15, -0.1) is 0 Å². The smallest absolute Gasteiger partial charge is 0.393 e. The summed E-state index contributed by atoms with van der Waals surface area (Å²) in [5.74, 6) is -3.28. The van der Waals surface area contributed by atoms with Gasteiger partial charge < -0.3 is 9.84 Å². The third kappa shape index (κ3) is 3.34. The number of alkyl halides is 3. The lowest BCUT2D eigenvalue weighted by molar-refractivity contribution is -0.183. The second-order valence-electron chi connectivity index (χ2n) is 3.95. The van der Waals surface area contributed by atoms with Crippen molar-refractivity contribution in [1.82, 2.24) is 4.90 Å². The third-order valence-corrected chi connectivity index (χ3v) is 2.68. The first-order chi connectivity index (χ1) is 7.34. The van der Waals surface area contributed by atoms with Crippen LogP contribution in [0, 0.1) is 11.8 Å². The monoisotopic (exact) mass is 241 g/mol. The molecule has 0 radical (unpaired) electrons. The molecule has 0 amide bonds. The SMILES string of the molecule is COC[C@@H]1CN(CC(=O)O)C[C@@H]1C(F)(F)F. The maximum Gasteiger partial charge on any atom is 0.393 e. The Labute approximate surface area is 91.0 Å². The van der Waals surface area contributed by atoms with Crippen LogP contribution in [0.3, 0.4) is 0 Å². The predicted molar refractivity (Wildman–Crippen MR) is 49.0 cm³/mol. The van der Waals surface area contributed by atoms with Crippen LogP contribution < -0.4 is 0 Å². The minimum atomic E-state index is -4.30. The maximum absolute atomic E-state index is 12.6. The first kappa shape index (κ1) is 13.2. The van der Waals surface area contributed by atoms with Gasteiger partial charge in [-0.25, -0.2) is 0 Å². The van der Waals surface area contributed by atoms with Gasteiger partial charge in [0.05, 0.1) is 19.1 Å². The lowest BCUT2D eigenvalue weighted by Crippen LogP contribution is -2.32. The molecule has 94 valence electrons. The lowest BCUT2D eigenvalue weighted by atomic mass is 9.96. The van der Waals surface area contributed by atoms with Gasteiger partial charge in [0, 0.05) is 26.1 Å². The van der Waals surface area contributed by atoms with E-state index < -0.39 is 24.0 Å². The summed E-state index contributed by atoms with van der Waals surface area (Å²) in [6.45, 7) is -0.499. The van der Waals surface area contributed by atoms with Crippen molar-refractivity contribution in [2.45, 2.75) is 6.18 Å². The molecule has 0 unspecified atom stereocenters. The molecule has 0 saturated carbocycles. The van der Waals surface area contributed by atoms with Gasteiger partial charge in [-0.05, 0) is 0 Å². The second-order valence-corrected chi connectivity index (χ2v) is 3.95. The molecule has 0 aromatic carbocycles. The van der Waals surface area contributed by atoms with E-state index in [1.807, 2.05) is 0 Å². The van der Waals surface area contributed by atoms with E-state index in [0.29, 0.717) is 0 Å². The lowest BCUT2D eigenvalue weighted by Gasteiger charge is -2.20. The highest BCUT2D eigenvalue weighted by Crippen LogP contribution is 2.37. The van der Waals surface area contributed by atoms with Gasteiger partial charge in [-0.2, -0.15) is 13.2 Å². The van der Waals surface area contributed by atoms with E-state index in [1.54, 1.807) is 0 Å². The van der Waals surface area contributed by atoms with Gasteiger partial charge >= 0.3 is 12.1 Å². The van der Waals surface area contributed by atoms with E-state index in [0.717, 1.165) is 0 Å². The molecule has 1 heterocycles. The van der Waals surface area contributed by atoms with Crippen LogP contribution in [0.1, 0.15) is 0 Å². The minimum absolute atomic E-state index is 0.000293. The van der Waals surface area contributed by atoms with Crippen molar-refractivity contribution in [2.75, 3.05) is 33.4 Å². The molecule has 1 aliphatic heterocycles. The Morgan fingerprint density at radius 3 is 2.56 bits per heavy atom. The Balaban J connectivity index is 2.64. The average molecular weight is 241 g/mol. The molecule has 1 saturated heterocycles. The average Bonchev–Trinajstić information content (AvgIpc) is 2.46. The molecule has 2 atom stereocenters. The van der Waals surface area contributed by atoms with Crippen molar-refractivity contribution in [3.05, 3.63) is 0 Å². The number of aliphatic carboxylic acids is 1. The maximum atomic E-state index is 12.6. The standard InChI is InChI=1S/C9H14F3NO3/c1-16-5-6-2-13(4-8(14)15)3-7(6)9(10,11)12/h6-7H,2-5H2,1H3,(H,14,15)/t6-,7-/m0/s1. The summed E-state index contributed by atoms with van der Waals surface area (Å²) in [6.07, 6.45) is -4.30. The van der Waals surface area contributed by atoms with Crippen LogP contribution >= 0.6 is 0 Å². The van der Waals surface area contributed by atoms with E-state index in [-0.39, 0.29) is 26.2 Å². The molecule has 16 heavy (non-hydrogen) atoms. The fourth-order valence-corrected chi connectivity index (χ4v) is 2.03. The molecule has 0 aliphatic carbocycles. The summed E-state index contributed by atoms with van der Waals surface area (Å²) in [7, 11) is 1.34. The van der Waals surface area contributed by atoms with Gasteiger partial charge in [-0.1, -0.05) is 0 Å². The van der Waals surface area contributed by atoms with Crippen LogP contribution in [0.2, 0.25) is 0 Å². The molecule has 7 heteroatoms. The van der Waals surface area contributed by atoms with E-state index in [1.165, 1.54) is 12.0 Å². The Kier molecular flexibility index (Phi) is 4.15. The first-order valence-corrected chi connectivity index (χ1v) is 4.84. The number of likely N-dealkylation sites (tertiary alicyclic amines) is 1. The number of ether oxygens (including phenoxy) is 1. The normalized spacial score (nSPS) is 27.2. The van der Waals surface area contributed by atoms with E-state index in [2.05, 4.69) is 0 Å². The summed E-state index contributed by atoms with van der Waals surface area (Å²) < 4.78 is 42.6. The van der Waals surface area contributed by atoms with Crippen molar-refractivity contribution in [3.63, 3.8) is 0 Å². The highest BCUT2D eigenvalue weighted by molar-refractivity contribution is 5.69. The summed E-state index contributed by atoms with van der Waals surface area (Å²) in [5, 5.41) is 8.52. The first-order valence-electron chi connectivity index (χ1n) is 4.84. The topological polar surface area (TPSA) is 49.8 Å². The fraction of sp³-hybridized carbons (Fsp3) is 0.889. The summed E-state index contributed by atoms with van der Waals surface area (Å²) in [5.41, 5.74) is 0. The van der Waals surface area contributed by atoms with Crippen LogP contribution in [-0.4, -0.2) is 55.5 Å². The molecule has 1 rings (SSSR count). The fourth-order valence-electron chi connectivity index (χ4n) is 2.03. The van der Waals surface area contributed by atoms with Crippen LogP contribution in [-0.2, 0) is 9.53 Å². The van der Waals surface area contributed by atoms with Crippen molar-refractivity contribution in [1.29, 1.82) is 0 Å². The van der Waals surface area contributed by atoms with Gasteiger partial charge in [0.25, 0.3) is 0 Å². The highest BCUT2D eigenvalue weighted by Gasteiger charge is 2.49. The Morgan fingerprint density at radius 2 is 2.12 bits per heavy atom. The summed E-state index contributed by atoms with van der Waals surface area (Å²) in [4.78, 5) is 11.7. The van der Waals surface area contributed by atoms with E-state index in [4.69, 9.17) is 9.84 Å². The molecule has 0 aromatic heterocycles. The molecule has 4 nitrogen and oxygen atoms in total. The second kappa shape index (κ2) is 5.01. The third-order valence-electron chi connectivity index (χ3n) is 2.68. The largest absolute Gasteiger partial charge is 0.480 e. The number of carbonyl (C=O) groups is 1. The van der Waals surface area contributed by atoms with E-state index in [9.17, 15) is 18.0 Å². The Hall–Kier alpha value is -0.820. The van der Waals surface area contributed by atoms with Crippen LogP contribution in [0.5, 0.6) is 0 Å². The number of hydrogen-bond acceptors (Lipinski definition) is 3. The molecule has 0 aromatic rings. The van der Waals surface area contributed by atoms with Crippen molar-refractivity contribution in [3.8, 4) is 0 Å². The number of halogens is 3. The number of carboxylic acid groups (broad SMARTS) is 1. The van der Waals surface area contributed by atoms with Crippen LogP contribution in [0.25, 0.3) is 0 Å². The quantitative estimate of drug-likeness (QED) is 0.792. The zero-order valence-corrected chi connectivity index (χ0v) is 8.83. The minimum Gasteiger partial charge on any atom is -0.480 e. The van der Waals surface area contributed by atoms with Gasteiger partial charge in [-0.3, -0.25) is 9.69 Å². The van der Waals surface area contributed by atoms with Crippen LogP contribution in [0.15, 0.2) is 0 Å². The number of methoxy groups -OCH3 is 1. The van der Waals surface area contributed by atoms with Gasteiger partial charge in [0.15, 0.2) is 0 Å². The van der Waals surface area contributed by atoms with Crippen LogP contribution in [0.4, 0.5) is 13.2 Å². The molecular formula is C9H14F3NO3. The van der Waals surface area contributed by atoms with Crippen molar-refractivity contribution in [2.24, 2.45) is 11.8 Å².